The number of nitrogens with zero attached hydrogens (tertiary/aromatic N) is 3. The van der Waals surface area contributed by atoms with Crippen LogP contribution in [0.5, 0.6) is 0 Å². The van der Waals surface area contributed by atoms with Crippen LogP contribution in [0.25, 0.3) is 5.69 Å². The topological polar surface area (TPSA) is 64.4 Å². The lowest BCUT2D eigenvalue weighted by atomic mass is 9.97. The molecular weight excluding hydrogens is 366 g/mol. The molecule has 1 aromatic heterocycles. The second-order valence-corrected chi connectivity index (χ2v) is 7.36. The van der Waals surface area contributed by atoms with Gasteiger partial charge in [-0.1, -0.05) is 29.8 Å². The van der Waals surface area contributed by atoms with E-state index in [1.165, 1.54) is 4.68 Å². The number of carbonyl (C=O) groups is 2. The maximum absolute atomic E-state index is 12.6. The maximum atomic E-state index is 12.6. The number of ether oxygens (including phenoxy) is 1. The minimum atomic E-state index is -0.634. The quantitative estimate of drug-likeness (QED) is 0.746. The number of halogens is 1. The Labute approximate surface area is 164 Å². The normalized spacial score (nSPS) is 19.8. The van der Waals surface area contributed by atoms with E-state index >= 15 is 0 Å². The summed E-state index contributed by atoms with van der Waals surface area (Å²) in [6, 6.07) is 9.61. The minimum absolute atomic E-state index is 0.158. The van der Waals surface area contributed by atoms with Gasteiger partial charge in [0.05, 0.1) is 11.4 Å². The molecule has 6 nitrogen and oxygen atoms in total. The van der Waals surface area contributed by atoms with Crippen LogP contribution in [-0.2, 0) is 9.53 Å². The van der Waals surface area contributed by atoms with Gasteiger partial charge in [0.25, 0.3) is 5.91 Å². The van der Waals surface area contributed by atoms with E-state index in [0.717, 1.165) is 24.9 Å². The third-order valence-corrected chi connectivity index (χ3v) is 5.37. The van der Waals surface area contributed by atoms with Crippen LogP contribution in [0.1, 0.15) is 49.2 Å². The number of carbonyl (C=O) groups excluding carboxylic acids is 2. The molecule has 1 aromatic carbocycles. The Morgan fingerprint density at radius 3 is 2.44 bits per heavy atom. The van der Waals surface area contributed by atoms with Gasteiger partial charge >= 0.3 is 5.97 Å². The summed E-state index contributed by atoms with van der Waals surface area (Å²) in [6.07, 6.45) is 3.05. The van der Waals surface area contributed by atoms with E-state index in [9.17, 15) is 9.59 Å². The van der Waals surface area contributed by atoms with E-state index in [4.69, 9.17) is 16.3 Å². The first-order valence-electron chi connectivity index (χ1n) is 9.19. The number of para-hydroxylation sites is 1. The second kappa shape index (κ2) is 8.13. The molecule has 1 aliphatic heterocycles. The third kappa shape index (κ3) is 4.00. The molecule has 3 rings (SSSR count). The van der Waals surface area contributed by atoms with Gasteiger partial charge in [0.1, 0.15) is 10.7 Å². The van der Waals surface area contributed by atoms with Crippen LogP contribution < -0.4 is 0 Å². The highest BCUT2D eigenvalue weighted by Gasteiger charge is 2.30. The molecule has 2 atom stereocenters. The predicted molar refractivity (Wildman–Crippen MR) is 103 cm³/mol. The van der Waals surface area contributed by atoms with Crippen LogP contribution >= 0.6 is 11.6 Å². The number of amides is 1. The average molecular weight is 390 g/mol. The molecule has 0 aliphatic carbocycles. The lowest BCUT2D eigenvalue weighted by Gasteiger charge is -2.38. The van der Waals surface area contributed by atoms with Gasteiger partial charge in [0.2, 0.25) is 0 Å². The summed E-state index contributed by atoms with van der Waals surface area (Å²) in [6.45, 7) is 5.46. The van der Waals surface area contributed by atoms with E-state index < -0.39 is 5.97 Å². The fourth-order valence-electron chi connectivity index (χ4n) is 3.66. The van der Waals surface area contributed by atoms with Gasteiger partial charge < -0.3 is 9.64 Å². The first-order valence-corrected chi connectivity index (χ1v) is 9.56. The largest absolute Gasteiger partial charge is 0.452 e. The van der Waals surface area contributed by atoms with Crippen molar-refractivity contribution in [3.63, 3.8) is 0 Å². The van der Waals surface area contributed by atoms with Gasteiger partial charge in [0.15, 0.2) is 6.61 Å². The number of benzene rings is 1. The van der Waals surface area contributed by atoms with Crippen molar-refractivity contribution in [2.75, 3.05) is 6.61 Å². The molecule has 1 fully saturated rings. The molecule has 27 heavy (non-hydrogen) atoms. The maximum Gasteiger partial charge on any atom is 0.343 e. The highest BCUT2D eigenvalue weighted by atomic mass is 35.5. The first kappa shape index (κ1) is 19.4. The number of hydrogen-bond acceptors (Lipinski definition) is 4. The number of aryl methyl sites for hydroxylation is 1. The van der Waals surface area contributed by atoms with Crippen LogP contribution in [0.4, 0.5) is 0 Å². The van der Waals surface area contributed by atoms with Crippen molar-refractivity contribution in [1.29, 1.82) is 0 Å². The zero-order valence-electron chi connectivity index (χ0n) is 15.8. The van der Waals surface area contributed by atoms with Gasteiger partial charge in [0, 0.05) is 12.1 Å². The SMILES string of the molecule is Cc1nn(-c2ccccc2)c(Cl)c1C(=O)OCC(=O)N1C(C)CCCC1C. The monoisotopic (exact) mass is 389 g/mol. The molecule has 1 amide bonds. The van der Waals surface area contributed by atoms with Crippen LogP contribution in [0, 0.1) is 6.92 Å². The number of aromatic nitrogens is 2. The Morgan fingerprint density at radius 1 is 1.19 bits per heavy atom. The van der Waals surface area contributed by atoms with Crippen LogP contribution in [0.2, 0.25) is 5.15 Å². The summed E-state index contributed by atoms with van der Waals surface area (Å²) in [7, 11) is 0. The fourth-order valence-corrected chi connectivity index (χ4v) is 4.01. The van der Waals surface area contributed by atoms with Crippen molar-refractivity contribution < 1.29 is 14.3 Å². The van der Waals surface area contributed by atoms with Gasteiger partial charge in [-0.25, -0.2) is 9.48 Å². The molecule has 0 bridgehead atoms. The molecule has 7 heteroatoms. The molecule has 0 spiro atoms. The number of piperidine rings is 1. The van der Waals surface area contributed by atoms with Crippen LogP contribution in [0.3, 0.4) is 0 Å². The summed E-state index contributed by atoms with van der Waals surface area (Å²) in [5, 5.41) is 4.51. The lowest BCUT2D eigenvalue weighted by molar-refractivity contribution is -0.140. The summed E-state index contributed by atoms with van der Waals surface area (Å²) in [5.41, 5.74) is 1.39. The van der Waals surface area contributed by atoms with Crippen molar-refractivity contribution in [3.8, 4) is 5.69 Å². The van der Waals surface area contributed by atoms with Crippen molar-refractivity contribution in [1.82, 2.24) is 14.7 Å². The standard InChI is InChI=1S/C20H24ClN3O3/c1-13-8-7-9-14(2)23(13)17(25)12-27-20(26)18-15(3)22-24(19(18)21)16-10-5-4-6-11-16/h4-6,10-11,13-14H,7-9,12H2,1-3H3. The highest BCUT2D eigenvalue weighted by Crippen LogP contribution is 2.25. The van der Waals surface area contributed by atoms with Gasteiger partial charge in [-0.3, -0.25) is 4.79 Å². The van der Waals surface area contributed by atoms with Gasteiger partial charge in [-0.15, -0.1) is 0 Å². The number of rotatable bonds is 4. The average Bonchev–Trinajstić information content (AvgIpc) is 2.94. The molecular formula is C20H24ClN3O3. The van der Waals surface area contributed by atoms with E-state index in [-0.39, 0.29) is 35.3 Å². The molecule has 2 unspecified atom stereocenters. The highest BCUT2D eigenvalue weighted by molar-refractivity contribution is 6.33. The number of hydrogen-bond donors (Lipinski definition) is 0. The zero-order chi connectivity index (χ0) is 19.6. The Kier molecular flexibility index (Phi) is 5.85. The molecule has 1 aliphatic rings. The first-order chi connectivity index (χ1) is 12.9. The Morgan fingerprint density at radius 2 is 1.81 bits per heavy atom. The number of likely N-dealkylation sites (tertiary alicyclic amines) is 1. The summed E-state index contributed by atoms with van der Waals surface area (Å²) < 4.78 is 6.77. The van der Waals surface area contributed by atoms with E-state index in [2.05, 4.69) is 5.10 Å². The molecule has 0 radical (unpaired) electrons. The number of esters is 1. The smallest absolute Gasteiger partial charge is 0.343 e. The second-order valence-electron chi connectivity index (χ2n) is 7.00. The Balaban J connectivity index is 1.72. The molecule has 2 heterocycles. The fraction of sp³-hybridized carbons (Fsp3) is 0.450. The predicted octanol–water partition coefficient (Wildman–Crippen LogP) is 3.78. The Bertz CT molecular complexity index is 824. The van der Waals surface area contributed by atoms with E-state index in [1.807, 2.05) is 49.1 Å². The zero-order valence-corrected chi connectivity index (χ0v) is 16.6. The van der Waals surface area contributed by atoms with Gasteiger partial charge in [-0.05, 0) is 52.2 Å². The van der Waals surface area contributed by atoms with Crippen molar-refractivity contribution in [2.24, 2.45) is 0 Å². The molecule has 1 saturated heterocycles. The molecule has 0 saturated carbocycles. The van der Waals surface area contributed by atoms with Crippen molar-refractivity contribution in [3.05, 3.63) is 46.7 Å². The third-order valence-electron chi connectivity index (χ3n) is 5.02. The molecule has 2 aromatic rings. The van der Waals surface area contributed by atoms with Crippen LogP contribution in [0.15, 0.2) is 30.3 Å². The lowest BCUT2D eigenvalue weighted by Crippen LogP contribution is -2.49. The van der Waals surface area contributed by atoms with E-state index in [1.54, 1.807) is 6.92 Å². The Hall–Kier alpha value is -2.34. The molecule has 144 valence electrons. The minimum Gasteiger partial charge on any atom is -0.452 e. The summed E-state index contributed by atoms with van der Waals surface area (Å²) in [5.74, 6) is -0.808. The van der Waals surface area contributed by atoms with Gasteiger partial charge in [-0.2, -0.15) is 5.10 Å². The van der Waals surface area contributed by atoms with Crippen LogP contribution in [-0.4, -0.2) is 45.2 Å². The van der Waals surface area contributed by atoms with E-state index in [0.29, 0.717) is 5.69 Å². The van der Waals surface area contributed by atoms with Crippen molar-refractivity contribution in [2.45, 2.75) is 52.1 Å². The summed E-state index contributed by atoms with van der Waals surface area (Å²) in [4.78, 5) is 26.9. The summed E-state index contributed by atoms with van der Waals surface area (Å²) >= 11 is 6.37. The van der Waals surface area contributed by atoms with Crippen molar-refractivity contribution >= 4 is 23.5 Å². The molecule has 0 N–H and O–H groups in total.